The summed E-state index contributed by atoms with van der Waals surface area (Å²) in [7, 11) is 2.85. The first-order valence-corrected chi connectivity index (χ1v) is 7.38. The van der Waals surface area contributed by atoms with Crippen LogP contribution in [-0.2, 0) is 14.4 Å². The van der Waals surface area contributed by atoms with Gasteiger partial charge in [-0.15, -0.1) is 0 Å². The molecule has 0 aliphatic rings. The Labute approximate surface area is 141 Å². The minimum Gasteiger partial charge on any atom is -0.466 e. The van der Waals surface area contributed by atoms with Crippen LogP contribution < -0.4 is 0 Å². The molecule has 2 aromatic rings. The molecule has 0 spiro atoms. The van der Waals surface area contributed by atoms with Crippen molar-refractivity contribution in [3.05, 3.63) is 83.9 Å². The fraction of sp³-hybridized carbons (Fsp3) is 0.100. The number of hydrogen-bond donors (Lipinski definition) is 0. The molecule has 2 aromatic carbocycles. The lowest BCUT2D eigenvalue weighted by molar-refractivity contribution is -0.134. The van der Waals surface area contributed by atoms with E-state index >= 15 is 0 Å². The number of nitrogens with zero attached hydrogens (tertiary/aromatic N) is 1. The molecule has 0 aliphatic carbocycles. The maximum atomic E-state index is 11.1. The molecule has 24 heavy (non-hydrogen) atoms. The molecular weight excluding hydrogens is 302 g/mol. The molecule has 4 heteroatoms. The van der Waals surface area contributed by atoms with Gasteiger partial charge in [0.05, 0.1) is 7.11 Å². The average Bonchev–Trinajstić information content (AvgIpc) is 2.65. The standard InChI is InChI=1S/C20H19NO3/c1-15(17-7-5-4-6-8-17)20(21-24-3)18-12-9-16(10-13-18)11-14-19(22)23-2/h4-14H,1H2,2-3H3. The fourth-order valence-electron chi connectivity index (χ4n) is 2.13. The number of rotatable bonds is 6. The van der Waals surface area contributed by atoms with Gasteiger partial charge in [0.25, 0.3) is 0 Å². The zero-order valence-corrected chi connectivity index (χ0v) is 13.7. The van der Waals surface area contributed by atoms with Crippen molar-refractivity contribution in [3.8, 4) is 0 Å². The molecular formula is C20H19NO3. The van der Waals surface area contributed by atoms with Crippen LogP contribution in [0.1, 0.15) is 16.7 Å². The Morgan fingerprint density at radius 1 is 1.00 bits per heavy atom. The van der Waals surface area contributed by atoms with Gasteiger partial charge >= 0.3 is 5.97 Å². The Bertz CT molecular complexity index is 759. The van der Waals surface area contributed by atoms with Crippen LogP contribution in [0.15, 0.2) is 72.4 Å². The van der Waals surface area contributed by atoms with Gasteiger partial charge in [0.2, 0.25) is 0 Å². The number of methoxy groups -OCH3 is 1. The van der Waals surface area contributed by atoms with Crippen LogP contribution in [-0.4, -0.2) is 25.9 Å². The summed E-state index contributed by atoms with van der Waals surface area (Å²) in [6, 6.07) is 17.4. The lowest BCUT2D eigenvalue weighted by Crippen LogP contribution is -2.04. The van der Waals surface area contributed by atoms with E-state index in [1.54, 1.807) is 6.08 Å². The summed E-state index contributed by atoms with van der Waals surface area (Å²) in [5.41, 5.74) is 4.16. The van der Waals surface area contributed by atoms with E-state index in [0.717, 1.165) is 22.3 Å². The molecule has 0 radical (unpaired) electrons. The highest BCUT2D eigenvalue weighted by atomic mass is 16.6. The van der Waals surface area contributed by atoms with Gasteiger partial charge in [0, 0.05) is 17.2 Å². The number of ether oxygens (including phenoxy) is 1. The van der Waals surface area contributed by atoms with Crippen molar-refractivity contribution in [2.45, 2.75) is 0 Å². The molecule has 0 bridgehead atoms. The van der Waals surface area contributed by atoms with Gasteiger partial charge in [-0.25, -0.2) is 4.79 Å². The minimum absolute atomic E-state index is 0.391. The normalized spacial score (nSPS) is 11.3. The lowest BCUT2D eigenvalue weighted by atomic mass is 9.97. The fourth-order valence-corrected chi connectivity index (χ4v) is 2.13. The largest absolute Gasteiger partial charge is 0.466 e. The van der Waals surface area contributed by atoms with Crippen molar-refractivity contribution < 1.29 is 14.4 Å². The van der Waals surface area contributed by atoms with E-state index in [1.807, 2.05) is 54.6 Å². The van der Waals surface area contributed by atoms with Gasteiger partial charge in [0.1, 0.15) is 12.8 Å². The monoisotopic (exact) mass is 321 g/mol. The predicted molar refractivity (Wildman–Crippen MR) is 96.5 cm³/mol. The molecule has 0 atom stereocenters. The summed E-state index contributed by atoms with van der Waals surface area (Å²) in [6.45, 7) is 4.13. The third-order valence-corrected chi connectivity index (χ3v) is 3.39. The molecule has 0 saturated heterocycles. The highest BCUT2D eigenvalue weighted by molar-refractivity contribution is 6.31. The van der Waals surface area contributed by atoms with E-state index in [0.29, 0.717) is 5.71 Å². The van der Waals surface area contributed by atoms with Gasteiger partial charge in [-0.05, 0) is 17.2 Å². The minimum atomic E-state index is -0.391. The van der Waals surface area contributed by atoms with Crippen LogP contribution in [0.2, 0.25) is 0 Å². The van der Waals surface area contributed by atoms with Gasteiger partial charge in [-0.1, -0.05) is 66.3 Å². The van der Waals surface area contributed by atoms with Crippen LogP contribution in [0.5, 0.6) is 0 Å². The Kier molecular flexibility index (Phi) is 6.08. The van der Waals surface area contributed by atoms with E-state index in [4.69, 9.17) is 4.84 Å². The van der Waals surface area contributed by atoms with Crippen molar-refractivity contribution in [2.24, 2.45) is 5.16 Å². The average molecular weight is 321 g/mol. The third kappa shape index (κ3) is 4.43. The molecule has 0 amide bonds. The van der Waals surface area contributed by atoms with Crippen LogP contribution in [0.25, 0.3) is 11.6 Å². The zero-order valence-electron chi connectivity index (χ0n) is 13.7. The van der Waals surface area contributed by atoms with E-state index in [1.165, 1.54) is 20.3 Å². The maximum Gasteiger partial charge on any atom is 0.330 e. The molecule has 0 aromatic heterocycles. The maximum absolute atomic E-state index is 11.1. The van der Waals surface area contributed by atoms with E-state index in [2.05, 4.69) is 16.5 Å². The molecule has 0 unspecified atom stereocenters. The van der Waals surface area contributed by atoms with Gasteiger partial charge < -0.3 is 9.57 Å². The molecule has 0 saturated carbocycles. The second-order valence-electron chi connectivity index (χ2n) is 4.95. The molecule has 4 nitrogen and oxygen atoms in total. The zero-order chi connectivity index (χ0) is 17.4. The summed E-state index contributed by atoms with van der Waals surface area (Å²) in [6.07, 6.45) is 3.07. The molecule has 0 heterocycles. The first-order valence-electron chi connectivity index (χ1n) is 7.38. The highest BCUT2D eigenvalue weighted by Crippen LogP contribution is 2.20. The number of esters is 1. The summed E-state index contributed by atoms with van der Waals surface area (Å²) in [5.74, 6) is -0.391. The Balaban J connectivity index is 2.26. The van der Waals surface area contributed by atoms with Crippen molar-refractivity contribution in [1.82, 2.24) is 0 Å². The van der Waals surface area contributed by atoms with E-state index < -0.39 is 5.97 Å². The predicted octanol–water partition coefficient (Wildman–Crippen LogP) is 3.94. The van der Waals surface area contributed by atoms with E-state index in [-0.39, 0.29) is 0 Å². The molecule has 0 N–H and O–H groups in total. The summed E-state index contributed by atoms with van der Waals surface area (Å²) < 4.78 is 4.57. The summed E-state index contributed by atoms with van der Waals surface area (Å²) in [5, 5.41) is 4.11. The molecule has 0 fully saturated rings. The number of hydrogen-bond acceptors (Lipinski definition) is 4. The molecule has 2 rings (SSSR count). The Morgan fingerprint density at radius 2 is 1.67 bits per heavy atom. The van der Waals surface area contributed by atoms with Crippen LogP contribution >= 0.6 is 0 Å². The third-order valence-electron chi connectivity index (χ3n) is 3.39. The highest BCUT2D eigenvalue weighted by Gasteiger charge is 2.11. The second kappa shape index (κ2) is 8.48. The second-order valence-corrected chi connectivity index (χ2v) is 4.95. The van der Waals surface area contributed by atoms with Gasteiger partial charge in [-0.3, -0.25) is 0 Å². The number of oxime groups is 1. The van der Waals surface area contributed by atoms with Crippen molar-refractivity contribution in [1.29, 1.82) is 0 Å². The Hall–Kier alpha value is -3.14. The smallest absolute Gasteiger partial charge is 0.330 e. The van der Waals surface area contributed by atoms with Gasteiger partial charge in [0.15, 0.2) is 0 Å². The first kappa shape index (κ1) is 17.2. The summed E-state index contributed by atoms with van der Waals surface area (Å²) in [4.78, 5) is 16.1. The first-order chi connectivity index (χ1) is 11.7. The molecule has 122 valence electrons. The van der Waals surface area contributed by atoms with Crippen LogP contribution in [0, 0.1) is 0 Å². The van der Waals surface area contributed by atoms with Crippen molar-refractivity contribution >= 4 is 23.3 Å². The number of carbonyl (C=O) groups excluding carboxylic acids is 1. The van der Waals surface area contributed by atoms with Crippen LogP contribution in [0.3, 0.4) is 0 Å². The number of allylic oxidation sites excluding steroid dienone is 1. The number of carbonyl (C=O) groups is 1. The topological polar surface area (TPSA) is 47.9 Å². The van der Waals surface area contributed by atoms with Gasteiger partial charge in [-0.2, -0.15) is 0 Å². The van der Waals surface area contributed by atoms with Crippen LogP contribution in [0.4, 0.5) is 0 Å². The Morgan fingerprint density at radius 3 is 2.25 bits per heavy atom. The van der Waals surface area contributed by atoms with Crippen molar-refractivity contribution in [3.63, 3.8) is 0 Å². The molecule has 0 aliphatic heterocycles. The van der Waals surface area contributed by atoms with Crippen molar-refractivity contribution in [2.75, 3.05) is 14.2 Å². The quantitative estimate of drug-likeness (QED) is 0.350. The van der Waals surface area contributed by atoms with E-state index in [9.17, 15) is 4.79 Å². The lowest BCUT2D eigenvalue weighted by Gasteiger charge is -2.10. The number of benzene rings is 2. The SMILES string of the molecule is C=C(C(=NOC)c1ccc(C=CC(=O)OC)cc1)c1ccccc1. The summed E-state index contributed by atoms with van der Waals surface area (Å²) >= 11 is 0.